The fourth-order valence-electron chi connectivity index (χ4n) is 5.28. The lowest BCUT2D eigenvalue weighted by Crippen LogP contribution is -2.27. The second-order valence-corrected chi connectivity index (χ2v) is 9.45. The third-order valence-electron chi connectivity index (χ3n) is 7.41. The van der Waals surface area contributed by atoms with Crippen molar-refractivity contribution >= 4 is 16.9 Å². The van der Waals surface area contributed by atoms with Gasteiger partial charge in [0.1, 0.15) is 29.6 Å². The van der Waals surface area contributed by atoms with Crippen molar-refractivity contribution in [3.05, 3.63) is 47.2 Å². The Morgan fingerprint density at radius 1 is 1.21 bits per heavy atom. The molecular formula is C24H28F3N5O. The summed E-state index contributed by atoms with van der Waals surface area (Å²) in [6, 6.07) is 3.01. The number of benzene rings is 1. The first-order valence-electron chi connectivity index (χ1n) is 11.3. The molecule has 3 N–H and O–H groups in total. The summed E-state index contributed by atoms with van der Waals surface area (Å²) in [5.41, 5.74) is 8.15. The summed E-state index contributed by atoms with van der Waals surface area (Å²) in [6.07, 6.45) is 3.84. The van der Waals surface area contributed by atoms with E-state index in [1.54, 1.807) is 6.07 Å². The largest absolute Gasteiger partial charge is 0.490 e. The van der Waals surface area contributed by atoms with Crippen molar-refractivity contribution in [1.82, 2.24) is 19.9 Å². The van der Waals surface area contributed by atoms with E-state index in [-0.39, 0.29) is 40.7 Å². The van der Waals surface area contributed by atoms with Gasteiger partial charge < -0.3 is 20.4 Å². The van der Waals surface area contributed by atoms with Gasteiger partial charge in [0.2, 0.25) is 0 Å². The number of alkyl halides is 2. The second kappa shape index (κ2) is 7.90. The van der Waals surface area contributed by atoms with E-state index in [1.165, 1.54) is 18.6 Å². The molecule has 1 aliphatic heterocycles. The van der Waals surface area contributed by atoms with Crippen LogP contribution in [0.5, 0.6) is 5.75 Å². The number of nitrogens with zero attached hydrogens (tertiary/aromatic N) is 3. The zero-order chi connectivity index (χ0) is 23.5. The molecular weight excluding hydrogens is 431 g/mol. The third-order valence-corrected chi connectivity index (χ3v) is 7.41. The molecule has 33 heavy (non-hydrogen) atoms. The SMILES string of the molecule is C[C@@H]1[C@H](C)[C@@H](Oc2cc(C(C)(F)F)cc3c2CNCC3)C[C@H]1n1cc(F)c2c(N)ncnc21. The standard InChI is InChI=1S/C24H28F3N5O/c1-12-13(2)19(8-18(12)32-10-17(25)21-22(28)30-11-31-23(21)32)33-20-7-15(24(3,26)27)6-14-4-5-29-9-16(14)20/h6-7,10-13,18-19,29H,4-5,8-9H2,1-3H3,(H2,28,30,31)/t12-,13+,18-,19+/m1/s1. The van der Waals surface area contributed by atoms with Crippen molar-refractivity contribution in [2.45, 2.75) is 58.2 Å². The second-order valence-electron chi connectivity index (χ2n) is 9.45. The summed E-state index contributed by atoms with van der Waals surface area (Å²) in [7, 11) is 0. The van der Waals surface area contributed by atoms with Crippen molar-refractivity contribution in [3.63, 3.8) is 0 Å². The zero-order valence-electron chi connectivity index (χ0n) is 18.9. The number of nitrogens with one attached hydrogen (secondary N) is 1. The molecule has 2 aliphatic rings. The number of nitrogen functional groups attached to an aromatic ring is 1. The Balaban J connectivity index is 1.49. The van der Waals surface area contributed by atoms with E-state index in [9.17, 15) is 13.2 Å². The van der Waals surface area contributed by atoms with Crippen molar-refractivity contribution in [3.8, 4) is 5.75 Å². The normalized spacial score (nSPS) is 25.4. The molecule has 176 valence electrons. The van der Waals surface area contributed by atoms with Gasteiger partial charge in [0.05, 0.1) is 5.39 Å². The Morgan fingerprint density at radius 2 is 2.00 bits per heavy atom. The van der Waals surface area contributed by atoms with Gasteiger partial charge in [0.15, 0.2) is 5.82 Å². The van der Waals surface area contributed by atoms with Crippen LogP contribution in [0.4, 0.5) is 19.0 Å². The summed E-state index contributed by atoms with van der Waals surface area (Å²) >= 11 is 0. The summed E-state index contributed by atoms with van der Waals surface area (Å²) in [5, 5.41) is 3.53. The molecule has 0 unspecified atom stereocenters. The van der Waals surface area contributed by atoms with Crippen LogP contribution in [-0.4, -0.2) is 27.2 Å². The molecule has 1 aromatic carbocycles. The maximum absolute atomic E-state index is 14.6. The van der Waals surface area contributed by atoms with E-state index in [0.717, 1.165) is 24.6 Å². The highest BCUT2D eigenvalue weighted by Crippen LogP contribution is 2.45. The van der Waals surface area contributed by atoms with Crippen molar-refractivity contribution < 1.29 is 17.9 Å². The summed E-state index contributed by atoms with van der Waals surface area (Å²) < 4.78 is 51.3. The molecule has 5 rings (SSSR count). The molecule has 0 spiro atoms. The third kappa shape index (κ3) is 3.72. The monoisotopic (exact) mass is 459 g/mol. The van der Waals surface area contributed by atoms with E-state index in [0.29, 0.717) is 30.8 Å². The van der Waals surface area contributed by atoms with Crippen LogP contribution in [0, 0.1) is 17.7 Å². The highest BCUT2D eigenvalue weighted by molar-refractivity contribution is 5.86. The summed E-state index contributed by atoms with van der Waals surface area (Å²) in [5.74, 6) is -2.52. The minimum absolute atomic E-state index is 0.0287. The molecule has 1 aliphatic carbocycles. The van der Waals surface area contributed by atoms with E-state index in [4.69, 9.17) is 10.5 Å². The number of aromatic nitrogens is 3. The van der Waals surface area contributed by atoms with Gasteiger partial charge in [-0.15, -0.1) is 0 Å². The van der Waals surface area contributed by atoms with Crippen LogP contribution in [-0.2, 0) is 18.9 Å². The quantitative estimate of drug-likeness (QED) is 0.598. The Labute approximate surface area is 190 Å². The lowest BCUT2D eigenvalue weighted by molar-refractivity contribution is 0.0168. The lowest BCUT2D eigenvalue weighted by Gasteiger charge is -2.27. The fraction of sp³-hybridized carbons (Fsp3) is 0.500. The molecule has 2 aromatic heterocycles. The Bertz CT molecular complexity index is 1210. The smallest absolute Gasteiger partial charge is 0.270 e. The van der Waals surface area contributed by atoms with Crippen LogP contribution in [0.15, 0.2) is 24.7 Å². The van der Waals surface area contributed by atoms with Gasteiger partial charge in [-0.05, 0) is 42.5 Å². The zero-order valence-corrected chi connectivity index (χ0v) is 18.9. The van der Waals surface area contributed by atoms with E-state index < -0.39 is 11.7 Å². The number of hydrogen-bond donors (Lipinski definition) is 2. The molecule has 0 amide bonds. The maximum atomic E-state index is 14.6. The minimum Gasteiger partial charge on any atom is -0.490 e. The van der Waals surface area contributed by atoms with Gasteiger partial charge in [0.25, 0.3) is 5.92 Å². The van der Waals surface area contributed by atoms with Crippen LogP contribution in [0.25, 0.3) is 11.0 Å². The van der Waals surface area contributed by atoms with E-state index >= 15 is 0 Å². The number of nitrogens with two attached hydrogens (primary N) is 1. The predicted molar refractivity (Wildman–Crippen MR) is 120 cm³/mol. The predicted octanol–water partition coefficient (Wildman–Crippen LogP) is 4.57. The Morgan fingerprint density at radius 3 is 2.76 bits per heavy atom. The number of halogens is 3. The molecule has 3 heterocycles. The lowest BCUT2D eigenvalue weighted by atomic mass is 9.94. The molecule has 6 nitrogen and oxygen atoms in total. The van der Waals surface area contributed by atoms with E-state index in [1.807, 2.05) is 4.57 Å². The average Bonchev–Trinajstić information content (AvgIpc) is 3.25. The minimum atomic E-state index is -2.95. The van der Waals surface area contributed by atoms with Gasteiger partial charge in [-0.1, -0.05) is 13.8 Å². The summed E-state index contributed by atoms with van der Waals surface area (Å²) in [4.78, 5) is 8.17. The topological polar surface area (TPSA) is 78.0 Å². The highest BCUT2D eigenvalue weighted by Gasteiger charge is 2.42. The molecule has 0 radical (unpaired) electrons. The van der Waals surface area contributed by atoms with E-state index in [2.05, 4.69) is 29.1 Å². The van der Waals surface area contributed by atoms with Crippen LogP contribution in [0.3, 0.4) is 0 Å². The summed E-state index contributed by atoms with van der Waals surface area (Å²) in [6.45, 7) is 6.44. The molecule has 1 fully saturated rings. The Kier molecular flexibility index (Phi) is 5.27. The number of fused-ring (bicyclic) bond motifs is 2. The average molecular weight is 460 g/mol. The van der Waals surface area contributed by atoms with Crippen molar-refractivity contribution in [1.29, 1.82) is 0 Å². The first-order valence-corrected chi connectivity index (χ1v) is 11.3. The number of ether oxygens (including phenoxy) is 1. The van der Waals surface area contributed by atoms with Gasteiger partial charge in [-0.3, -0.25) is 0 Å². The molecule has 1 saturated carbocycles. The van der Waals surface area contributed by atoms with Crippen LogP contribution in [0.2, 0.25) is 0 Å². The first-order chi connectivity index (χ1) is 15.6. The fourth-order valence-corrected chi connectivity index (χ4v) is 5.28. The van der Waals surface area contributed by atoms with Gasteiger partial charge in [0, 0.05) is 43.3 Å². The van der Waals surface area contributed by atoms with Crippen molar-refractivity contribution in [2.75, 3.05) is 12.3 Å². The van der Waals surface area contributed by atoms with Gasteiger partial charge >= 0.3 is 0 Å². The molecule has 0 saturated heterocycles. The molecule has 4 atom stereocenters. The Hall–Kier alpha value is -2.81. The van der Waals surface area contributed by atoms with Crippen LogP contribution in [0.1, 0.15) is 49.9 Å². The van der Waals surface area contributed by atoms with Crippen LogP contribution < -0.4 is 15.8 Å². The first kappa shape index (κ1) is 22.0. The molecule has 3 aromatic rings. The van der Waals surface area contributed by atoms with Gasteiger partial charge in [-0.25, -0.2) is 23.1 Å². The molecule has 9 heteroatoms. The molecule has 0 bridgehead atoms. The highest BCUT2D eigenvalue weighted by atomic mass is 19.3. The van der Waals surface area contributed by atoms with Crippen molar-refractivity contribution in [2.24, 2.45) is 11.8 Å². The number of anilines is 1. The maximum Gasteiger partial charge on any atom is 0.270 e. The van der Waals surface area contributed by atoms with Crippen LogP contribution >= 0.6 is 0 Å². The number of hydrogen-bond acceptors (Lipinski definition) is 5. The van der Waals surface area contributed by atoms with Gasteiger partial charge in [-0.2, -0.15) is 0 Å². The number of rotatable bonds is 4.